The van der Waals surface area contributed by atoms with Crippen molar-refractivity contribution >= 4 is 22.5 Å². The van der Waals surface area contributed by atoms with Gasteiger partial charge in [-0.25, -0.2) is 0 Å². The molecular weight excluding hydrogens is 264 g/mol. The van der Waals surface area contributed by atoms with Crippen molar-refractivity contribution in [1.82, 2.24) is 15.5 Å². The van der Waals surface area contributed by atoms with Crippen molar-refractivity contribution in [3.8, 4) is 0 Å². The minimum atomic E-state index is -0.951. The van der Waals surface area contributed by atoms with E-state index in [1.165, 1.54) is 0 Å². The predicted molar refractivity (Wildman–Crippen MR) is 76.7 cm³/mol. The normalized spacial score (nSPS) is 13.6. The third-order valence-electron chi connectivity index (χ3n) is 2.57. The molecule has 0 spiro atoms. The maximum absolute atomic E-state index is 11.8. The van der Waals surface area contributed by atoms with E-state index in [1.807, 2.05) is 6.92 Å². The number of anilines is 1. The molecule has 0 aliphatic carbocycles. The third-order valence-corrected chi connectivity index (χ3v) is 3.87. The minimum Gasteiger partial charge on any atom is -0.369 e. The molecule has 0 bridgehead atoms. The van der Waals surface area contributed by atoms with Crippen molar-refractivity contribution in [3.05, 3.63) is 17.8 Å². The topological polar surface area (TPSA) is 84.0 Å². The number of hydrogen-bond donors (Lipinski definition) is 2. The second-order valence-corrected chi connectivity index (χ2v) is 6.05. The van der Waals surface area contributed by atoms with Crippen LogP contribution >= 0.6 is 0 Å². The van der Waals surface area contributed by atoms with E-state index in [-0.39, 0.29) is 16.9 Å². The van der Waals surface area contributed by atoms with Crippen LogP contribution in [0.15, 0.2) is 12.1 Å². The van der Waals surface area contributed by atoms with Crippen molar-refractivity contribution in [2.75, 3.05) is 24.7 Å². The lowest BCUT2D eigenvalue weighted by Crippen LogP contribution is -2.33. The largest absolute Gasteiger partial charge is 0.369 e. The molecule has 106 valence electrons. The van der Waals surface area contributed by atoms with Gasteiger partial charge in [-0.3, -0.25) is 9.00 Å². The van der Waals surface area contributed by atoms with Crippen LogP contribution in [0.25, 0.3) is 0 Å². The van der Waals surface area contributed by atoms with E-state index in [9.17, 15) is 9.00 Å². The summed E-state index contributed by atoms with van der Waals surface area (Å²) in [5.41, 5.74) is 0.260. The van der Waals surface area contributed by atoms with E-state index in [2.05, 4.69) is 27.8 Å². The average Bonchev–Trinajstić information content (AvgIpc) is 2.42. The average molecular weight is 284 g/mol. The number of nitrogens with one attached hydrogen (secondary N) is 2. The van der Waals surface area contributed by atoms with Crippen LogP contribution in [-0.2, 0) is 10.8 Å². The first-order valence-electron chi connectivity index (χ1n) is 6.22. The maximum atomic E-state index is 11.8. The third kappa shape index (κ3) is 5.34. The Kier molecular flexibility index (Phi) is 6.41. The van der Waals surface area contributed by atoms with Crippen molar-refractivity contribution < 1.29 is 9.00 Å². The standard InChI is InChI=1S/C12H20N4O2S/c1-4-7-13-11-6-5-10(15-16-11)12(17)14-8-9(2)19(3)18/h5-6,9H,4,7-8H2,1-3H3,(H,13,16)(H,14,17). The number of hydrogen-bond acceptors (Lipinski definition) is 5. The van der Waals surface area contributed by atoms with E-state index < -0.39 is 10.8 Å². The van der Waals surface area contributed by atoms with Gasteiger partial charge in [0.25, 0.3) is 5.91 Å². The summed E-state index contributed by atoms with van der Waals surface area (Å²) in [6, 6.07) is 3.34. The number of carbonyl (C=O) groups is 1. The summed E-state index contributed by atoms with van der Waals surface area (Å²) in [5, 5.41) is 13.5. The maximum Gasteiger partial charge on any atom is 0.271 e. The molecule has 1 amide bonds. The molecule has 0 fully saturated rings. The number of amides is 1. The summed E-state index contributed by atoms with van der Waals surface area (Å²) < 4.78 is 11.2. The molecule has 0 radical (unpaired) electrons. The second-order valence-electron chi connectivity index (χ2n) is 4.25. The van der Waals surface area contributed by atoms with Gasteiger partial charge in [0.15, 0.2) is 5.69 Å². The molecule has 6 nitrogen and oxygen atoms in total. The van der Waals surface area contributed by atoms with Crippen LogP contribution in [-0.4, -0.2) is 44.9 Å². The Morgan fingerprint density at radius 1 is 1.42 bits per heavy atom. The zero-order chi connectivity index (χ0) is 14.3. The highest BCUT2D eigenvalue weighted by molar-refractivity contribution is 7.84. The van der Waals surface area contributed by atoms with Gasteiger partial charge in [-0.15, -0.1) is 10.2 Å². The molecule has 0 aliphatic heterocycles. The van der Waals surface area contributed by atoms with Crippen molar-refractivity contribution in [2.24, 2.45) is 0 Å². The lowest BCUT2D eigenvalue weighted by atomic mass is 10.3. The fraction of sp³-hybridized carbons (Fsp3) is 0.583. The molecule has 2 N–H and O–H groups in total. The molecule has 1 rings (SSSR count). The van der Waals surface area contributed by atoms with Crippen LogP contribution in [0.2, 0.25) is 0 Å². The van der Waals surface area contributed by atoms with E-state index in [4.69, 9.17) is 0 Å². The van der Waals surface area contributed by atoms with Crippen LogP contribution in [0.3, 0.4) is 0 Å². The van der Waals surface area contributed by atoms with Gasteiger partial charge in [-0.1, -0.05) is 6.92 Å². The zero-order valence-electron chi connectivity index (χ0n) is 11.5. The highest BCUT2D eigenvalue weighted by atomic mass is 32.2. The molecule has 1 aromatic rings. The molecular formula is C12H20N4O2S. The highest BCUT2D eigenvalue weighted by Crippen LogP contribution is 2.02. The van der Waals surface area contributed by atoms with E-state index in [0.717, 1.165) is 13.0 Å². The van der Waals surface area contributed by atoms with Gasteiger partial charge in [0, 0.05) is 35.4 Å². The number of rotatable bonds is 7. The fourth-order valence-electron chi connectivity index (χ4n) is 1.25. The van der Waals surface area contributed by atoms with Crippen LogP contribution in [0, 0.1) is 0 Å². The van der Waals surface area contributed by atoms with E-state index in [1.54, 1.807) is 18.4 Å². The Morgan fingerprint density at radius 2 is 2.16 bits per heavy atom. The number of aromatic nitrogens is 2. The lowest BCUT2D eigenvalue weighted by molar-refractivity contribution is 0.0948. The second kappa shape index (κ2) is 7.83. The first kappa shape index (κ1) is 15.6. The smallest absolute Gasteiger partial charge is 0.271 e. The van der Waals surface area contributed by atoms with E-state index in [0.29, 0.717) is 12.4 Å². The summed E-state index contributed by atoms with van der Waals surface area (Å²) in [4.78, 5) is 11.8. The highest BCUT2D eigenvalue weighted by Gasteiger charge is 2.11. The van der Waals surface area contributed by atoms with Crippen LogP contribution in [0.1, 0.15) is 30.8 Å². The fourth-order valence-corrected chi connectivity index (χ4v) is 1.56. The van der Waals surface area contributed by atoms with Gasteiger partial charge >= 0.3 is 0 Å². The Bertz CT molecular complexity index is 436. The molecule has 0 aromatic carbocycles. The number of nitrogens with zero attached hydrogens (tertiary/aromatic N) is 2. The van der Waals surface area contributed by atoms with Gasteiger partial charge in [0.2, 0.25) is 0 Å². The summed E-state index contributed by atoms with van der Waals surface area (Å²) in [7, 11) is -0.951. The van der Waals surface area contributed by atoms with Crippen molar-refractivity contribution in [3.63, 3.8) is 0 Å². The lowest BCUT2D eigenvalue weighted by Gasteiger charge is -2.09. The molecule has 2 atom stereocenters. The van der Waals surface area contributed by atoms with Crippen LogP contribution in [0.4, 0.5) is 5.82 Å². The van der Waals surface area contributed by atoms with Crippen LogP contribution < -0.4 is 10.6 Å². The predicted octanol–water partition coefficient (Wildman–Crippen LogP) is 0.795. The Labute approximate surface area is 115 Å². The first-order chi connectivity index (χ1) is 9.04. The Hall–Kier alpha value is -1.50. The quantitative estimate of drug-likeness (QED) is 0.773. The minimum absolute atomic E-state index is 0.0811. The summed E-state index contributed by atoms with van der Waals surface area (Å²) >= 11 is 0. The van der Waals surface area contributed by atoms with Gasteiger partial charge in [0.1, 0.15) is 5.82 Å². The monoisotopic (exact) mass is 284 g/mol. The van der Waals surface area contributed by atoms with Crippen molar-refractivity contribution in [2.45, 2.75) is 25.5 Å². The molecule has 7 heteroatoms. The van der Waals surface area contributed by atoms with Crippen LogP contribution in [0.5, 0.6) is 0 Å². The summed E-state index contributed by atoms with van der Waals surface area (Å²) in [5.74, 6) is 0.355. The van der Waals surface area contributed by atoms with Gasteiger partial charge in [-0.05, 0) is 25.5 Å². The molecule has 0 saturated carbocycles. The summed E-state index contributed by atoms with van der Waals surface area (Å²) in [6.07, 6.45) is 2.61. The zero-order valence-corrected chi connectivity index (χ0v) is 12.3. The molecule has 1 aromatic heterocycles. The first-order valence-corrected chi connectivity index (χ1v) is 7.84. The molecule has 0 saturated heterocycles. The Morgan fingerprint density at radius 3 is 2.68 bits per heavy atom. The molecule has 0 aliphatic rings. The van der Waals surface area contributed by atoms with Gasteiger partial charge < -0.3 is 10.6 Å². The molecule has 2 unspecified atom stereocenters. The van der Waals surface area contributed by atoms with Gasteiger partial charge in [0.05, 0.1) is 0 Å². The SMILES string of the molecule is CCCNc1ccc(C(=O)NCC(C)S(C)=O)nn1. The van der Waals surface area contributed by atoms with Gasteiger partial charge in [-0.2, -0.15) is 0 Å². The molecule has 19 heavy (non-hydrogen) atoms. The summed E-state index contributed by atoms with van der Waals surface area (Å²) in [6.45, 7) is 5.06. The number of carbonyl (C=O) groups excluding carboxylic acids is 1. The van der Waals surface area contributed by atoms with Crippen molar-refractivity contribution in [1.29, 1.82) is 0 Å². The Balaban J connectivity index is 2.51. The van der Waals surface area contributed by atoms with E-state index >= 15 is 0 Å². The molecule has 1 heterocycles.